The van der Waals surface area contributed by atoms with Crippen molar-refractivity contribution in [2.75, 3.05) is 17.1 Å². The Hall–Kier alpha value is -2.00. The van der Waals surface area contributed by atoms with Gasteiger partial charge in [0.15, 0.2) is 0 Å². The van der Waals surface area contributed by atoms with Crippen LogP contribution in [-0.2, 0) is 26.2 Å². The highest BCUT2D eigenvalue weighted by atomic mass is 35.5. The Bertz CT molecular complexity index is 1190. The zero-order valence-corrected chi connectivity index (χ0v) is 23.4. The molecule has 2 aromatic rings. The van der Waals surface area contributed by atoms with Crippen LogP contribution >= 0.6 is 34.8 Å². The third-order valence-corrected chi connectivity index (χ3v) is 7.91. The summed E-state index contributed by atoms with van der Waals surface area (Å²) in [6, 6.07) is 8.69. The summed E-state index contributed by atoms with van der Waals surface area (Å²) in [5.41, 5.74) is 1.66. The summed E-state index contributed by atoms with van der Waals surface area (Å²) < 4.78 is 26.2. The Morgan fingerprint density at radius 2 is 1.66 bits per heavy atom. The first-order valence-electron chi connectivity index (χ1n) is 11.0. The van der Waals surface area contributed by atoms with Gasteiger partial charge in [-0.05, 0) is 62.6 Å². The minimum Gasteiger partial charge on any atom is -0.352 e. The first kappa shape index (κ1) is 29.2. The van der Waals surface area contributed by atoms with Crippen LogP contribution in [-0.4, -0.2) is 50.0 Å². The number of anilines is 1. The lowest BCUT2D eigenvalue weighted by atomic mass is 10.1. The van der Waals surface area contributed by atoms with E-state index in [1.54, 1.807) is 44.2 Å². The summed E-state index contributed by atoms with van der Waals surface area (Å²) in [4.78, 5) is 27.8. The van der Waals surface area contributed by atoms with E-state index in [1.807, 2.05) is 13.8 Å². The van der Waals surface area contributed by atoms with Crippen LogP contribution in [0.1, 0.15) is 38.3 Å². The van der Waals surface area contributed by atoms with E-state index in [2.05, 4.69) is 5.32 Å². The van der Waals surface area contributed by atoms with Crippen LogP contribution in [0.25, 0.3) is 0 Å². The molecule has 0 aliphatic carbocycles. The number of nitrogens with zero attached hydrogens (tertiary/aromatic N) is 2. The van der Waals surface area contributed by atoms with Crippen LogP contribution in [0.15, 0.2) is 36.4 Å². The number of sulfonamides is 1. The number of carbonyl (C=O) groups is 2. The molecule has 2 rings (SSSR count). The Morgan fingerprint density at radius 1 is 1.00 bits per heavy atom. The summed E-state index contributed by atoms with van der Waals surface area (Å²) in [5, 5.41) is 3.91. The zero-order chi connectivity index (χ0) is 26.5. The van der Waals surface area contributed by atoms with Crippen molar-refractivity contribution in [1.82, 2.24) is 10.2 Å². The molecule has 0 radical (unpaired) electrons. The van der Waals surface area contributed by atoms with Gasteiger partial charge in [-0.2, -0.15) is 0 Å². The van der Waals surface area contributed by atoms with Crippen molar-refractivity contribution in [2.45, 2.75) is 52.7 Å². The summed E-state index contributed by atoms with van der Waals surface area (Å²) in [6.45, 7) is 6.70. The van der Waals surface area contributed by atoms with E-state index < -0.39 is 28.5 Å². The minimum atomic E-state index is -3.84. The van der Waals surface area contributed by atoms with E-state index in [4.69, 9.17) is 34.8 Å². The van der Waals surface area contributed by atoms with Gasteiger partial charge in [0.25, 0.3) is 0 Å². The second-order valence-electron chi connectivity index (χ2n) is 8.47. The molecule has 0 spiro atoms. The molecular weight excluding hydrogens is 533 g/mol. The van der Waals surface area contributed by atoms with E-state index in [9.17, 15) is 18.0 Å². The lowest BCUT2D eigenvalue weighted by Gasteiger charge is -2.32. The summed E-state index contributed by atoms with van der Waals surface area (Å²) in [6.07, 6.45) is 1.73. The predicted molar refractivity (Wildman–Crippen MR) is 143 cm³/mol. The van der Waals surface area contributed by atoms with Crippen molar-refractivity contribution < 1.29 is 18.0 Å². The van der Waals surface area contributed by atoms with Crippen molar-refractivity contribution in [3.8, 4) is 0 Å². The average Bonchev–Trinajstić information content (AvgIpc) is 2.78. The normalized spacial score (nSPS) is 13.1. The topological polar surface area (TPSA) is 86.8 Å². The fraction of sp³-hybridized carbons (Fsp3) is 0.417. The van der Waals surface area contributed by atoms with Crippen LogP contribution in [0.3, 0.4) is 0 Å². The molecule has 35 heavy (non-hydrogen) atoms. The summed E-state index contributed by atoms with van der Waals surface area (Å²) in [7, 11) is -3.84. The van der Waals surface area contributed by atoms with Gasteiger partial charge in [-0.15, -0.1) is 0 Å². The van der Waals surface area contributed by atoms with Gasteiger partial charge >= 0.3 is 0 Å². The summed E-state index contributed by atoms with van der Waals surface area (Å²) >= 11 is 18.4. The molecule has 0 fully saturated rings. The fourth-order valence-electron chi connectivity index (χ4n) is 3.23. The van der Waals surface area contributed by atoms with Crippen molar-refractivity contribution in [2.24, 2.45) is 0 Å². The van der Waals surface area contributed by atoms with Crippen LogP contribution in [0.5, 0.6) is 0 Å². The summed E-state index contributed by atoms with van der Waals surface area (Å²) in [5.74, 6) is -0.915. The second-order valence-corrected chi connectivity index (χ2v) is 11.6. The molecule has 0 aliphatic heterocycles. The van der Waals surface area contributed by atoms with Gasteiger partial charge in [0.05, 0.1) is 22.0 Å². The molecule has 0 saturated heterocycles. The van der Waals surface area contributed by atoms with E-state index in [0.717, 1.165) is 22.5 Å². The van der Waals surface area contributed by atoms with E-state index in [-0.39, 0.29) is 24.2 Å². The standard InChI is InChI=1S/C24H30Cl3N3O4S/c1-6-16(3)28-24(32)17(4)29(13-18-8-10-20(25)22(27)11-18)23(31)14-30(35(5,33)34)19-9-7-15(2)21(26)12-19/h7-12,16-17H,6,13-14H2,1-5H3,(H,28,32)/t16-,17-/m0/s1. The molecule has 0 bridgehead atoms. The first-order chi connectivity index (χ1) is 16.2. The SMILES string of the molecule is CC[C@H](C)NC(=O)[C@H](C)N(Cc1ccc(Cl)c(Cl)c1)C(=O)CN(c1ccc(C)c(Cl)c1)S(C)(=O)=O. The van der Waals surface area contributed by atoms with Crippen molar-refractivity contribution >= 4 is 62.3 Å². The maximum Gasteiger partial charge on any atom is 0.244 e. The highest BCUT2D eigenvalue weighted by molar-refractivity contribution is 7.92. The lowest BCUT2D eigenvalue weighted by Crippen LogP contribution is -2.52. The number of rotatable bonds is 10. The monoisotopic (exact) mass is 561 g/mol. The lowest BCUT2D eigenvalue weighted by molar-refractivity contribution is -0.139. The Morgan fingerprint density at radius 3 is 2.20 bits per heavy atom. The van der Waals surface area contributed by atoms with Gasteiger partial charge in [0.1, 0.15) is 12.6 Å². The highest BCUT2D eigenvalue weighted by Crippen LogP contribution is 2.26. The van der Waals surface area contributed by atoms with Crippen LogP contribution in [0.2, 0.25) is 15.1 Å². The van der Waals surface area contributed by atoms with Gasteiger partial charge in [-0.1, -0.05) is 53.9 Å². The number of aryl methyl sites for hydroxylation is 1. The molecule has 1 N–H and O–H groups in total. The maximum absolute atomic E-state index is 13.5. The third-order valence-electron chi connectivity index (χ3n) is 5.63. The number of amides is 2. The predicted octanol–water partition coefficient (Wildman–Crippen LogP) is 5.05. The first-order valence-corrected chi connectivity index (χ1v) is 14.0. The van der Waals surface area contributed by atoms with Crippen molar-refractivity contribution in [1.29, 1.82) is 0 Å². The van der Waals surface area contributed by atoms with Crippen LogP contribution in [0, 0.1) is 6.92 Å². The molecule has 2 atom stereocenters. The quantitative estimate of drug-likeness (QED) is 0.439. The van der Waals surface area contributed by atoms with Crippen molar-refractivity contribution in [3.63, 3.8) is 0 Å². The van der Waals surface area contributed by atoms with Crippen molar-refractivity contribution in [3.05, 3.63) is 62.6 Å². The third kappa shape index (κ3) is 8.00. The smallest absolute Gasteiger partial charge is 0.244 e. The molecule has 7 nitrogen and oxygen atoms in total. The maximum atomic E-state index is 13.5. The molecule has 0 unspecified atom stereocenters. The molecule has 0 aromatic heterocycles. The fourth-order valence-corrected chi connectivity index (χ4v) is 4.57. The van der Waals surface area contributed by atoms with Gasteiger partial charge < -0.3 is 10.2 Å². The molecule has 0 saturated carbocycles. The van der Waals surface area contributed by atoms with Gasteiger partial charge in [-0.3, -0.25) is 13.9 Å². The molecule has 192 valence electrons. The Balaban J connectivity index is 2.43. The van der Waals surface area contributed by atoms with E-state index >= 15 is 0 Å². The largest absolute Gasteiger partial charge is 0.352 e. The number of carbonyl (C=O) groups excluding carboxylic acids is 2. The second kappa shape index (κ2) is 12.3. The van der Waals surface area contributed by atoms with Crippen LogP contribution < -0.4 is 9.62 Å². The van der Waals surface area contributed by atoms with E-state index in [0.29, 0.717) is 20.6 Å². The van der Waals surface area contributed by atoms with Crippen LogP contribution in [0.4, 0.5) is 5.69 Å². The zero-order valence-electron chi connectivity index (χ0n) is 20.3. The Labute approximate surface area is 222 Å². The molecule has 11 heteroatoms. The molecule has 2 amide bonds. The number of halogens is 3. The molecule has 0 aliphatic rings. The Kier molecular flexibility index (Phi) is 10.3. The molecular formula is C24H30Cl3N3O4S. The molecule has 2 aromatic carbocycles. The van der Waals surface area contributed by atoms with Gasteiger partial charge in [0.2, 0.25) is 21.8 Å². The number of hydrogen-bond donors (Lipinski definition) is 1. The number of benzene rings is 2. The average molecular weight is 563 g/mol. The molecule has 0 heterocycles. The van der Waals surface area contributed by atoms with E-state index in [1.165, 1.54) is 11.0 Å². The minimum absolute atomic E-state index is 0.0249. The van der Waals surface area contributed by atoms with Gasteiger partial charge in [0, 0.05) is 17.6 Å². The highest BCUT2D eigenvalue weighted by Gasteiger charge is 2.30. The number of nitrogens with one attached hydrogen (secondary N) is 1. The number of hydrogen-bond acceptors (Lipinski definition) is 4. The van der Waals surface area contributed by atoms with Gasteiger partial charge in [-0.25, -0.2) is 8.42 Å².